The number of carbonyl (C=O) groups excluding carboxylic acids is 1. The fourth-order valence-electron chi connectivity index (χ4n) is 1.21. The molecule has 5 nitrogen and oxygen atoms in total. The van der Waals surface area contributed by atoms with Gasteiger partial charge in [-0.05, 0) is 13.8 Å². The molecule has 1 aromatic heterocycles. The van der Waals surface area contributed by atoms with E-state index in [2.05, 4.69) is 5.16 Å². The van der Waals surface area contributed by atoms with E-state index >= 15 is 0 Å². The van der Waals surface area contributed by atoms with Crippen LogP contribution in [0, 0.1) is 13.8 Å². The topological polar surface area (TPSA) is 72.4 Å². The number of carbonyl (C=O) groups is 1. The lowest BCUT2D eigenvalue weighted by Gasteiger charge is -2.15. The Hall–Kier alpha value is -1.36. The maximum Gasteiger partial charge on any atom is 0.236 e. The standard InChI is InChI=1S/C9H15N3O2/c1-6-8(7(2)14-11-6)5-12(3)9(13)4-10/h4-5,10H2,1-3H3. The first-order valence-corrected chi connectivity index (χ1v) is 4.42. The molecule has 0 aromatic carbocycles. The Bertz CT molecular complexity index is 313. The number of aromatic nitrogens is 1. The Balaban J connectivity index is 2.73. The van der Waals surface area contributed by atoms with Crippen molar-refractivity contribution >= 4 is 5.91 Å². The summed E-state index contributed by atoms with van der Waals surface area (Å²) in [4.78, 5) is 12.8. The quantitative estimate of drug-likeness (QED) is 0.751. The second-order valence-corrected chi connectivity index (χ2v) is 3.26. The van der Waals surface area contributed by atoms with Gasteiger partial charge in [0.05, 0.1) is 18.8 Å². The van der Waals surface area contributed by atoms with Gasteiger partial charge in [0.15, 0.2) is 0 Å². The summed E-state index contributed by atoms with van der Waals surface area (Å²) >= 11 is 0. The van der Waals surface area contributed by atoms with Gasteiger partial charge < -0.3 is 15.2 Å². The summed E-state index contributed by atoms with van der Waals surface area (Å²) in [5, 5.41) is 3.81. The third-order valence-electron chi connectivity index (χ3n) is 2.18. The highest BCUT2D eigenvalue weighted by atomic mass is 16.5. The van der Waals surface area contributed by atoms with Crippen LogP contribution in [0.4, 0.5) is 0 Å². The first-order valence-electron chi connectivity index (χ1n) is 4.42. The van der Waals surface area contributed by atoms with Gasteiger partial charge in [-0.2, -0.15) is 0 Å². The Morgan fingerprint density at radius 1 is 1.57 bits per heavy atom. The molecule has 0 aliphatic carbocycles. The number of nitrogens with zero attached hydrogens (tertiary/aromatic N) is 2. The normalized spacial score (nSPS) is 10.3. The highest BCUT2D eigenvalue weighted by Crippen LogP contribution is 2.13. The molecule has 1 aromatic rings. The van der Waals surface area contributed by atoms with Crippen molar-refractivity contribution in [3.63, 3.8) is 0 Å². The van der Waals surface area contributed by atoms with Crippen LogP contribution in [0.25, 0.3) is 0 Å². The third kappa shape index (κ3) is 2.11. The minimum atomic E-state index is -0.0926. The summed E-state index contributed by atoms with van der Waals surface area (Å²) in [5.74, 6) is 0.657. The van der Waals surface area contributed by atoms with Crippen LogP contribution in [0.15, 0.2) is 4.52 Å². The minimum Gasteiger partial charge on any atom is -0.361 e. The Kier molecular flexibility index (Phi) is 3.24. The van der Waals surface area contributed by atoms with Gasteiger partial charge in [0, 0.05) is 12.6 Å². The van der Waals surface area contributed by atoms with Gasteiger partial charge in [-0.1, -0.05) is 5.16 Å². The molecule has 0 atom stereocenters. The van der Waals surface area contributed by atoms with Gasteiger partial charge in [0.25, 0.3) is 0 Å². The van der Waals surface area contributed by atoms with Gasteiger partial charge in [-0.25, -0.2) is 0 Å². The molecule has 0 aliphatic heterocycles. The van der Waals surface area contributed by atoms with E-state index in [9.17, 15) is 4.79 Å². The van der Waals surface area contributed by atoms with Crippen LogP contribution < -0.4 is 5.73 Å². The van der Waals surface area contributed by atoms with Crippen molar-refractivity contribution in [2.45, 2.75) is 20.4 Å². The van der Waals surface area contributed by atoms with Crippen molar-refractivity contribution in [2.75, 3.05) is 13.6 Å². The molecule has 2 N–H and O–H groups in total. The molecule has 0 spiro atoms. The molecule has 0 saturated carbocycles. The number of likely N-dealkylation sites (N-methyl/N-ethyl adjacent to an activating group) is 1. The zero-order chi connectivity index (χ0) is 10.7. The Labute approximate surface area is 82.8 Å². The molecule has 1 rings (SSSR count). The zero-order valence-corrected chi connectivity index (χ0v) is 8.70. The monoisotopic (exact) mass is 197 g/mol. The van der Waals surface area contributed by atoms with Gasteiger partial charge >= 0.3 is 0 Å². The van der Waals surface area contributed by atoms with Crippen LogP contribution in [0.3, 0.4) is 0 Å². The lowest BCUT2D eigenvalue weighted by Crippen LogP contribution is -2.32. The zero-order valence-electron chi connectivity index (χ0n) is 8.70. The van der Waals surface area contributed by atoms with E-state index in [4.69, 9.17) is 10.3 Å². The first kappa shape index (κ1) is 10.7. The average molecular weight is 197 g/mol. The second kappa shape index (κ2) is 4.23. The number of amides is 1. The molecule has 0 bridgehead atoms. The minimum absolute atomic E-state index is 0.0277. The van der Waals surface area contributed by atoms with E-state index in [0.717, 1.165) is 17.0 Å². The highest BCUT2D eigenvalue weighted by molar-refractivity contribution is 5.77. The maximum absolute atomic E-state index is 11.2. The van der Waals surface area contributed by atoms with Crippen molar-refractivity contribution in [2.24, 2.45) is 5.73 Å². The molecule has 0 saturated heterocycles. The number of hydrogen-bond acceptors (Lipinski definition) is 4. The van der Waals surface area contributed by atoms with Gasteiger partial charge in [-0.3, -0.25) is 4.79 Å². The average Bonchev–Trinajstić information content (AvgIpc) is 2.48. The molecule has 0 aliphatic rings. The molecule has 0 fully saturated rings. The first-order chi connectivity index (χ1) is 6.56. The molecular formula is C9H15N3O2. The van der Waals surface area contributed by atoms with E-state index in [1.807, 2.05) is 13.8 Å². The smallest absolute Gasteiger partial charge is 0.236 e. The van der Waals surface area contributed by atoms with E-state index < -0.39 is 0 Å². The summed E-state index contributed by atoms with van der Waals surface area (Å²) in [6, 6.07) is 0. The van der Waals surface area contributed by atoms with E-state index in [1.54, 1.807) is 11.9 Å². The van der Waals surface area contributed by atoms with Crippen LogP contribution in [0.2, 0.25) is 0 Å². The Morgan fingerprint density at radius 2 is 2.21 bits per heavy atom. The molecule has 5 heteroatoms. The number of hydrogen-bond donors (Lipinski definition) is 1. The fraction of sp³-hybridized carbons (Fsp3) is 0.556. The van der Waals surface area contributed by atoms with Crippen LogP contribution >= 0.6 is 0 Å². The summed E-state index contributed by atoms with van der Waals surface area (Å²) in [7, 11) is 1.71. The predicted molar refractivity (Wildman–Crippen MR) is 51.5 cm³/mol. The van der Waals surface area contributed by atoms with Crippen molar-refractivity contribution in [3.05, 3.63) is 17.0 Å². The van der Waals surface area contributed by atoms with E-state index in [1.165, 1.54) is 0 Å². The second-order valence-electron chi connectivity index (χ2n) is 3.26. The van der Waals surface area contributed by atoms with Crippen LogP contribution in [-0.4, -0.2) is 29.6 Å². The molecule has 1 heterocycles. The van der Waals surface area contributed by atoms with E-state index in [-0.39, 0.29) is 12.5 Å². The number of nitrogens with two attached hydrogens (primary N) is 1. The fourth-order valence-corrected chi connectivity index (χ4v) is 1.21. The molecule has 0 radical (unpaired) electrons. The predicted octanol–water partition coefficient (Wildman–Crippen LogP) is 0.209. The molecule has 14 heavy (non-hydrogen) atoms. The van der Waals surface area contributed by atoms with Crippen molar-refractivity contribution in [3.8, 4) is 0 Å². The van der Waals surface area contributed by atoms with E-state index in [0.29, 0.717) is 6.54 Å². The molecule has 78 valence electrons. The van der Waals surface area contributed by atoms with Crippen LogP contribution in [0.5, 0.6) is 0 Å². The van der Waals surface area contributed by atoms with Crippen LogP contribution in [0.1, 0.15) is 17.0 Å². The lowest BCUT2D eigenvalue weighted by atomic mass is 10.2. The summed E-state index contributed by atoms with van der Waals surface area (Å²) in [5.41, 5.74) is 7.02. The number of rotatable bonds is 3. The summed E-state index contributed by atoms with van der Waals surface area (Å²) < 4.78 is 4.99. The maximum atomic E-state index is 11.2. The van der Waals surface area contributed by atoms with Gasteiger partial charge in [-0.15, -0.1) is 0 Å². The SMILES string of the molecule is Cc1noc(C)c1CN(C)C(=O)CN. The number of aryl methyl sites for hydroxylation is 2. The Morgan fingerprint density at radius 3 is 2.64 bits per heavy atom. The van der Waals surface area contributed by atoms with Gasteiger partial charge in [0.1, 0.15) is 5.76 Å². The third-order valence-corrected chi connectivity index (χ3v) is 2.18. The highest BCUT2D eigenvalue weighted by Gasteiger charge is 2.13. The summed E-state index contributed by atoms with van der Waals surface area (Å²) in [6.07, 6.45) is 0. The van der Waals surface area contributed by atoms with Crippen LogP contribution in [-0.2, 0) is 11.3 Å². The van der Waals surface area contributed by atoms with Crippen molar-refractivity contribution < 1.29 is 9.32 Å². The van der Waals surface area contributed by atoms with Gasteiger partial charge in [0.2, 0.25) is 5.91 Å². The largest absolute Gasteiger partial charge is 0.361 e. The van der Waals surface area contributed by atoms with Crippen molar-refractivity contribution in [1.82, 2.24) is 10.1 Å². The molecule has 1 amide bonds. The molecular weight excluding hydrogens is 182 g/mol. The molecule has 0 unspecified atom stereocenters. The summed E-state index contributed by atoms with van der Waals surface area (Å²) in [6.45, 7) is 4.21. The van der Waals surface area contributed by atoms with Crippen molar-refractivity contribution in [1.29, 1.82) is 0 Å². The lowest BCUT2D eigenvalue weighted by molar-refractivity contribution is -0.128.